The zero-order valence-electron chi connectivity index (χ0n) is 13.5. The molecule has 2 unspecified atom stereocenters. The Morgan fingerprint density at radius 3 is 2.96 bits per heavy atom. The Hall–Kier alpha value is -2.93. The molecule has 1 N–H and O–H groups in total. The van der Waals surface area contributed by atoms with Crippen molar-refractivity contribution in [1.29, 1.82) is 0 Å². The van der Waals surface area contributed by atoms with Gasteiger partial charge in [0.15, 0.2) is 6.23 Å². The molecule has 7 heteroatoms. The summed E-state index contributed by atoms with van der Waals surface area (Å²) >= 11 is 0. The van der Waals surface area contributed by atoms with E-state index in [9.17, 15) is 4.39 Å². The summed E-state index contributed by atoms with van der Waals surface area (Å²) in [4.78, 5) is 8.42. The minimum Gasteiger partial charge on any atom is -0.496 e. The summed E-state index contributed by atoms with van der Waals surface area (Å²) in [7, 11) is 1.54. The van der Waals surface area contributed by atoms with Gasteiger partial charge in [-0.15, -0.1) is 0 Å². The molecule has 3 heterocycles. The molecule has 1 saturated heterocycles. The maximum atomic E-state index is 13.6. The number of methoxy groups -OCH3 is 1. The third kappa shape index (κ3) is 3.46. The lowest BCUT2D eigenvalue weighted by atomic mass is 10.1. The fourth-order valence-corrected chi connectivity index (χ4v) is 2.68. The summed E-state index contributed by atoms with van der Waals surface area (Å²) in [6.45, 7) is 0. The van der Waals surface area contributed by atoms with Gasteiger partial charge in [0.25, 0.3) is 0 Å². The molecule has 0 bridgehead atoms. The van der Waals surface area contributed by atoms with Gasteiger partial charge < -0.3 is 19.2 Å². The number of rotatable bonds is 6. The van der Waals surface area contributed by atoms with E-state index in [4.69, 9.17) is 13.9 Å². The van der Waals surface area contributed by atoms with Crippen LogP contribution in [0, 0.1) is 5.82 Å². The van der Waals surface area contributed by atoms with Crippen LogP contribution in [0.2, 0.25) is 0 Å². The average Bonchev–Trinajstić information content (AvgIpc) is 3.12. The fourth-order valence-electron chi connectivity index (χ4n) is 2.68. The number of aromatic nitrogens is 2. The lowest BCUT2D eigenvalue weighted by Gasteiger charge is -2.09. The second kappa shape index (κ2) is 6.52. The van der Waals surface area contributed by atoms with Gasteiger partial charge in [-0.2, -0.15) is 0 Å². The molecule has 1 aliphatic rings. The van der Waals surface area contributed by atoms with E-state index in [0.717, 1.165) is 12.0 Å². The SMILES string of the molecule is COc1ccc(F)cc1-c1cc(NC2OC2Cc2ccoc2)ncn1. The molecule has 0 aliphatic carbocycles. The van der Waals surface area contributed by atoms with Crippen LogP contribution in [0.25, 0.3) is 11.3 Å². The molecule has 1 aliphatic heterocycles. The number of nitrogens with zero attached hydrogens (tertiary/aromatic N) is 2. The molecule has 2 aromatic heterocycles. The van der Waals surface area contributed by atoms with Crippen molar-refractivity contribution in [2.24, 2.45) is 0 Å². The minimum atomic E-state index is -0.352. The number of nitrogens with one attached hydrogen (secondary N) is 1. The van der Waals surface area contributed by atoms with E-state index < -0.39 is 0 Å². The molecule has 0 radical (unpaired) electrons. The van der Waals surface area contributed by atoms with Crippen LogP contribution in [0.3, 0.4) is 0 Å². The van der Waals surface area contributed by atoms with Crippen LogP contribution < -0.4 is 10.1 Å². The predicted molar refractivity (Wildman–Crippen MR) is 88.7 cm³/mol. The second-order valence-corrected chi connectivity index (χ2v) is 5.71. The van der Waals surface area contributed by atoms with Gasteiger partial charge in [-0.3, -0.25) is 0 Å². The van der Waals surface area contributed by atoms with Gasteiger partial charge in [-0.25, -0.2) is 14.4 Å². The summed E-state index contributed by atoms with van der Waals surface area (Å²) in [6.07, 6.45) is 5.49. The van der Waals surface area contributed by atoms with Gasteiger partial charge in [-0.1, -0.05) is 0 Å². The highest BCUT2D eigenvalue weighted by atomic mass is 19.1. The van der Waals surface area contributed by atoms with Crippen LogP contribution >= 0.6 is 0 Å². The first-order chi connectivity index (χ1) is 12.2. The lowest BCUT2D eigenvalue weighted by molar-refractivity contribution is 0.380. The molecule has 0 spiro atoms. The van der Waals surface area contributed by atoms with E-state index in [1.165, 1.54) is 25.6 Å². The summed E-state index contributed by atoms with van der Waals surface area (Å²) in [5.41, 5.74) is 2.22. The molecule has 0 amide bonds. The van der Waals surface area contributed by atoms with Crippen molar-refractivity contribution < 1.29 is 18.3 Å². The number of hydrogen-bond donors (Lipinski definition) is 1. The quantitative estimate of drug-likeness (QED) is 0.694. The van der Waals surface area contributed by atoms with E-state index >= 15 is 0 Å². The first-order valence-corrected chi connectivity index (χ1v) is 7.82. The smallest absolute Gasteiger partial charge is 0.156 e. The van der Waals surface area contributed by atoms with Crippen LogP contribution in [0.5, 0.6) is 5.75 Å². The molecular weight excluding hydrogens is 325 g/mol. The predicted octanol–water partition coefficient (Wildman–Crippen LogP) is 3.26. The van der Waals surface area contributed by atoms with Gasteiger partial charge in [0.1, 0.15) is 29.8 Å². The zero-order chi connectivity index (χ0) is 17.2. The second-order valence-electron chi connectivity index (χ2n) is 5.71. The number of benzene rings is 1. The Kier molecular flexibility index (Phi) is 4.07. The number of halogens is 1. The Balaban J connectivity index is 1.48. The van der Waals surface area contributed by atoms with Crippen molar-refractivity contribution in [2.45, 2.75) is 18.8 Å². The van der Waals surface area contributed by atoms with Gasteiger partial charge in [0.05, 0.1) is 25.3 Å². The number of anilines is 1. The third-order valence-corrected chi connectivity index (χ3v) is 3.99. The molecule has 4 rings (SSSR count). The average molecular weight is 341 g/mol. The Morgan fingerprint density at radius 2 is 2.16 bits per heavy atom. The number of hydrogen-bond acceptors (Lipinski definition) is 6. The van der Waals surface area contributed by atoms with Crippen molar-refractivity contribution >= 4 is 5.82 Å². The van der Waals surface area contributed by atoms with E-state index in [2.05, 4.69) is 15.3 Å². The zero-order valence-corrected chi connectivity index (χ0v) is 13.5. The van der Waals surface area contributed by atoms with Crippen LogP contribution in [0.4, 0.5) is 10.2 Å². The van der Waals surface area contributed by atoms with E-state index in [0.29, 0.717) is 22.8 Å². The molecule has 3 aromatic rings. The van der Waals surface area contributed by atoms with Crippen molar-refractivity contribution in [3.63, 3.8) is 0 Å². The highest BCUT2D eigenvalue weighted by Crippen LogP contribution is 2.31. The summed E-state index contributed by atoms with van der Waals surface area (Å²) < 4.78 is 29.5. The monoisotopic (exact) mass is 341 g/mol. The standard InChI is InChI=1S/C18H16FN3O3/c1-23-15-3-2-12(19)7-13(15)14-8-17(21-10-20-14)22-18-16(25-18)6-11-4-5-24-9-11/h2-5,7-10,16,18H,6H2,1H3,(H,20,21,22). The van der Waals surface area contributed by atoms with Crippen LogP contribution in [-0.2, 0) is 11.2 Å². The summed E-state index contributed by atoms with van der Waals surface area (Å²) in [6, 6.07) is 7.97. The van der Waals surface area contributed by atoms with Gasteiger partial charge in [0, 0.05) is 18.1 Å². The maximum absolute atomic E-state index is 13.6. The molecule has 0 saturated carbocycles. The number of epoxide rings is 1. The Bertz CT molecular complexity index is 870. The Morgan fingerprint density at radius 1 is 1.24 bits per heavy atom. The minimum absolute atomic E-state index is 0.0692. The fraction of sp³-hybridized carbons (Fsp3) is 0.222. The lowest BCUT2D eigenvalue weighted by Crippen LogP contribution is -2.10. The van der Waals surface area contributed by atoms with Crippen molar-refractivity contribution in [1.82, 2.24) is 9.97 Å². The summed E-state index contributed by atoms with van der Waals surface area (Å²) in [5, 5.41) is 3.20. The van der Waals surface area contributed by atoms with E-state index in [-0.39, 0.29) is 18.1 Å². The first kappa shape index (κ1) is 15.6. The van der Waals surface area contributed by atoms with Crippen LogP contribution in [-0.4, -0.2) is 29.4 Å². The largest absolute Gasteiger partial charge is 0.496 e. The molecule has 2 atom stereocenters. The molecule has 1 aromatic carbocycles. The van der Waals surface area contributed by atoms with Gasteiger partial charge >= 0.3 is 0 Å². The normalized spacial score (nSPS) is 18.8. The highest BCUT2D eigenvalue weighted by molar-refractivity contribution is 5.69. The molecule has 25 heavy (non-hydrogen) atoms. The molecule has 128 valence electrons. The molecular formula is C18H16FN3O3. The third-order valence-electron chi connectivity index (χ3n) is 3.99. The summed E-state index contributed by atoms with van der Waals surface area (Å²) in [5.74, 6) is 0.803. The van der Waals surface area contributed by atoms with E-state index in [1.807, 2.05) is 6.07 Å². The maximum Gasteiger partial charge on any atom is 0.156 e. The van der Waals surface area contributed by atoms with Crippen LogP contribution in [0.15, 0.2) is 53.6 Å². The van der Waals surface area contributed by atoms with E-state index in [1.54, 1.807) is 24.7 Å². The molecule has 1 fully saturated rings. The first-order valence-electron chi connectivity index (χ1n) is 7.82. The Labute approximate surface area is 143 Å². The van der Waals surface area contributed by atoms with Crippen molar-refractivity contribution in [3.05, 3.63) is 60.6 Å². The number of furan rings is 1. The van der Waals surface area contributed by atoms with Crippen molar-refractivity contribution in [2.75, 3.05) is 12.4 Å². The van der Waals surface area contributed by atoms with Crippen molar-refractivity contribution in [3.8, 4) is 17.0 Å². The number of ether oxygens (including phenoxy) is 2. The van der Waals surface area contributed by atoms with Gasteiger partial charge in [-0.05, 0) is 29.8 Å². The van der Waals surface area contributed by atoms with Gasteiger partial charge in [0.2, 0.25) is 0 Å². The van der Waals surface area contributed by atoms with Crippen LogP contribution in [0.1, 0.15) is 5.56 Å². The molecule has 6 nitrogen and oxygen atoms in total. The topological polar surface area (TPSA) is 72.7 Å². The highest BCUT2D eigenvalue weighted by Gasteiger charge is 2.39.